The van der Waals surface area contributed by atoms with Crippen molar-refractivity contribution in [1.82, 2.24) is 9.97 Å². The summed E-state index contributed by atoms with van der Waals surface area (Å²) < 4.78 is 5.09. The summed E-state index contributed by atoms with van der Waals surface area (Å²) in [6.45, 7) is 4.66. The SMILES string of the molecule is CCC(CCNc1cc(OC)nc(C)n1)CCC(=O)O. The van der Waals surface area contributed by atoms with Gasteiger partial charge in [0.1, 0.15) is 11.6 Å². The Hall–Kier alpha value is -1.85. The van der Waals surface area contributed by atoms with Crippen molar-refractivity contribution in [2.24, 2.45) is 5.92 Å². The first-order valence-electron chi connectivity index (χ1n) is 6.90. The summed E-state index contributed by atoms with van der Waals surface area (Å²) in [6, 6.07) is 1.76. The minimum atomic E-state index is -0.729. The van der Waals surface area contributed by atoms with E-state index in [0.29, 0.717) is 17.6 Å². The monoisotopic (exact) mass is 281 g/mol. The van der Waals surface area contributed by atoms with Crippen LogP contribution in [0.2, 0.25) is 0 Å². The topological polar surface area (TPSA) is 84.3 Å². The van der Waals surface area contributed by atoms with Crippen molar-refractivity contribution < 1.29 is 14.6 Å². The van der Waals surface area contributed by atoms with Crippen LogP contribution in [0.5, 0.6) is 5.88 Å². The van der Waals surface area contributed by atoms with Gasteiger partial charge in [0.05, 0.1) is 7.11 Å². The molecule has 0 aliphatic heterocycles. The molecule has 0 amide bonds. The molecular weight excluding hydrogens is 258 g/mol. The van der Waals surface area contributed by atoms with Gasteiger partial charge in [0.25, 0.3) is 0 Å². The average Bonchev–Trinajstić information content (AvgIpc) is 2.41. The zero-order valence-electron chi connectivity index (χ0n) is 12.3. The minimum Gasteiger partial charge on any atom is -0.481 e. The smallest absolute Gasteiger partial charge is 0.303 e. The van der Waals surface area contributed by atoms with Gasteiger partial charge >= 0.3 is 5.97 Å². The molecule has 1 aromatic rings. The van der Waals surface area contributed by atoms with Gasteiger partial charge in [-0.2, -0.15) is 4.98 Å². The highest BCUT2D eigenvalue weighted by molar-refractivity contribution is 5.66. The van der Waals surface area contributed by atoms with Crippen LogP contribution < -0.4 is 10.1 Å². The summed E-state index contributed by atoms with van der Waals surface area (Å²) in [4.78, 5) is 19.0. The van der Waals surface area contributed by atoms with E-state index in [1.165, 1.54) is 0 Å². The molecule has 0 fully saturated rings. The van der Waals surface area contributed by atoms with Crippen LogP contribution in [-0.2, 0) is 4.79 Å². The summed E-state index contributed by atoms with van der Waals surface area (Å²) >= 11 is 0. The molecular formula is C14H23N3O3. The lowest BCUT2D eigenvalue weighted by atomic mass is 9.97. The maximum Gasteiger partial charge on any atom is 0.303 e. The van der Waals surface area contributed by atoms with Gasteiger partial charge in [-0.3, -0.25) is 4.79 Å². The van der Waals surface area contributed by atoms with Crippen LogP contribution in [0.25, 0.3) is 0 Å². The van der Waals surface area contributed by atoms with Gasteiger partial charge < -0.3 is 15.2 Å². The van der Waals surface area contributed by atoms with E-state index in [9.17, 15) is 4.79 Å². The predicted molar refractivity (Wildman–Crippen MR) is 77.1 cm³/mol. The zero-order chi connectivity index (χ0) is 15.0. The van der Waals surface area contributed by atoms with Crippen LogP contribution in [0, 0.1) is 12.8 Å². The number of rotatable bonds is 9. The number of carboxylic acid groups (broad SMARTS) is 1. The Kier molecular flexibility index (Phi) is 6.76. The van der Waals surface area contributed by atoms with E-state index in [1.54, 1.807) is 13.2 Å². The number of aromatic nitrogens is 2. The van der Waals surface area contributed by atoms with E-state index >= 15 is 0 Å². The van der Waals surface area contributed by atoms with Crippen LogP contribution in [-0.4, -0.2) is 34.7 Å². The third-order valence-electron chi connectivity index (χ3n) is 3.23. The molecule has 1 rings (SSSR count). The number of carbonyl (C=O) groups is 1. The highest BCUT2D eigenvalue weighted by atomic mass is 16.5. The summed E-state index contributed by atoms with van der Waals surface area (Å²) in [6.07, 6.45) is 2.87. The average molecular weight is 281 g/mol. The van der Waals surface area contributed by atoms with Crippen molar-refractivity contribution in [2.45, 2.75) is 39.5 Å². The third kappa shape index (κ3) is 5.86. The largest absolute Gasteiger partial charge is 0.481 e. The highest BCUT2D eigenvalue weighted by Gasteiger charge is 2.09. The first kappa shape index (κ1) is 16.2. The molecule has 1 aromatic heterocycles. The molecule has 20 heavy (non-hydrogen) atoms. The molecule has 0 aromatic carbocycles. The van der Waals surface area contributed by atoms with E-state index in [4.69, 9.17) is 9.84 Å². The Morgan fingerprint density at radius 2 is 2.20 bits per heavy atom. The van der Waals surface area contributed by atoms with Crippen molar-refractivity contribution in [1.29, 1.82) is 0 Å². The number of ether oxygens (including phenoxy) is 1. The number of anilines is 1. The lowest BCUT2D eigenvalue weighted by molar-refractivity contribution is -0.137. The molecule has 0 spiro atoms. The van der Waals surface area contributed by atoms with Crippen LogP contribution in [0.4, 0.5) is 5.82 Å². The molecule has 0 saturated heterocycles. The molecule has 0 aliphatic rings. The Bertz CT molecular complexity index is 438. The summed E-state index contributed by atoms with van der Waals surface area (Å²) in [5, 5.41) is 11.9. The summed E-state index contributed by atoms with van der Waals surface area (Å²) in [5.41, 5.74) is 0. The predicted octanol–water partition coefficient (Wildman–Crippen LogP) is 2.49. The van der Waals surface area contributed by atoms with Gasteiger partial charge in [-0.25, -0.2) is 4.98 Å². The second-order valence-corrected chi connectivity index (χ2v) is 4.76. The molecule has 0 saturated carbocycles. The van der Waals surface area contributed by atoms with Gasteiger partial charge in [-0.15, -0.1) is 0 Å². The van der Waals surface area contributed by atoms with Crippen molar-refractivity contribution >= 4 is 11.8 Å². The molecule has 112 valence electrons. The molecule has 6 heteroatoms. The molecule has 0 aliphatic carbocycles. The molecule has 1 heterocycles. The van der Waals surface area contributed by atoms with Crippen LogP contribution in [0.15, 0.2) is 6.07 Å². The van der Waals surface area contributed by atoms with E-state index in [-0.39, 0.29) is 6.42 Å². The highest BCUT2D eigenvalue weighted by Crippen LogP contribution is 2.17. The quantitative estimate of drug-likeness (QED) is 0.723. The van der Waals surface area contributed by atoms with Crippen LogP contribution >= 0.6 is 0 Å². The zero-order valence-corrected chi connectivity index (χ0v) is 12.3. The Balaban J connectivity index is 2.42. The van der Waals surface area contributed by atoms with Crippen molar-refractivity contribution in [3.05, 3.63) is 11.9 Å². The Morgan fingerprint density at radius 3 is 2.80 bits per heavy atom. The second-order valence-electron chi connectivity index (χ2n) is 4.76. The standard InChI is InChI=1S/C14H23N3O3/c1-4-11(5-6-14(18)19)7-8-15-12-9-13(20-3)17-10(2)16-12/h9,11H,4-8H2,1-3H3,(H,18,19)(H,15,16,17). The Morgan fingerprint density at radius 1 is 1.45 bits per heavy atom. The minimum absolute atomic E-state index is 0.235. The number of hydrogen-bond acceptors (Lipinski definition) is 5. The number of methoxy groups -OCH3 is 1. The number of nitrogens with zero attached hydrogens (tertiary/aromatic N) is 2. The van der Waals surface area contributed by atoms with E-state index in [1.807, 2.05) is 6.92 Å². The number of carboxylic acids is 1. The fourth-order valence-electron chi connectivity index (χ4n) is 2.02. The molecule has 1 atom stereocenters. The van der Waals surface area contributed by atoms with Gasteiger partial charge in [0, 0.05) is 19.0 Å². The van der Waals surface area contributed by atoms with Crippen LogP contribution in [0.3, 0.4) is 0 Å². The lowest BCUT2D eigenvalue weighted by Gasteiger charge is -2.14. The van der Waals surface area contributed by atoms with Crippen molar-refractivity contribution in [3.63, 3.8) is 0 Å². The molecule has 2 N–H and O–H groups in total. The van der Waals surface area contributed by atoms with Crippen molar-refractivity contribution in [2.75, 3.05) is 19.0 Å². The fraction of sp³-hybridized carbons (Fsp3) is 0.643. The molecule has 6 nitrogen and oxygen atoms in total. The summed E-state index contributed by atoms with van der Waals surface area (Å²) in [7, 11) is 1.57. The second kappa shape index (κ2) is 8.35. The normalized spacial score (nSPS) is 11.9. The van der Waals surface area contributed by atoms with E-state index in [2.05, 4.69) is 22.2 Å². The molecule has 0 bridgehead atoms. The van der Waals surface area contributed by atoms with Crippen LogP contribution in [0.1, 0.15) is 38.4 Å². The maximum atomic E-state index is 10.6. The van der Waals surface area contributed by atoms with Crippen molar-refractivity contribution in [3.8, 4) is 5.88 Å². The maximum absolute atomic E-state index is 10.6. The number of aliphatic carboxylic acids is 1. The van der Waals surface area contributed by atoms with E-state index in [0.717, 1.165) is 31.6 Å². The van der Waals surface area contributed by atoms with E-state index < -0.39 is 5.97 Å². The Labute approximate surface area is 119 Å². The van der Waals surface area contributed by atoms with Gasteiger partial charge in [-0.1, -0.05) is 13.3 Å². The molecule has 1 unspecified atom stereocenters. The van der Waals surface area contributed by atoms with Gasteiger partial charge in [-0.05, 0) is 25.7 Å². The molecule has 0 radical (unpaired) electrons. The number of nitrogens with one attached hydrogen (secondary N) is 1. The third-order valence-corrected chi connectivity index (χ3v) is 3.23. The first-order valence-corrected chi connectivity index (χ1v) is 6.90. The summed E-state index contributed by atoms with van der Waals surface area (Å²) in [5.74, 6) is 1.63. The number of hydrogen-bond donors (Lipinski definition) is 2. The van der Waals surface area contributed by atoms with Gasteiger partial charge in [0.2, 0.25) is 5.88 Å². The number of aryl methyl sites for hydroxylation is 1. The van der Waals surface area contributed by atoms with Gasteiger partial charge in [0.15, 0.2) is 0 Å². The lowest BCUT2D eigenvalue weighted by Crippen LogP contribution is -2.11. The fourth-order valence-corrected chi connectivity index (χ4v) is 2.02. The first-order chi connectivity index (χ1) is 9.55.